The number of urea groups is 1. The molecule has 0 bridgehead atoms. The molecule has 0 saturated carbocycles. The summed E-state index contributed by atoms with van der Waals surface area (Å²) in [5.74, 6) is -3.48. The number of hydrogen-bond acceptors (Lipinski definition) is 4. The molecule has 1 N–H and O–H groups in total. The van der Waals surface area contributed by atoms with Gasteiger partial charge < -0.3 is 14.2 Å². The number of halogens is 4. The Morgan fingerprint density at radius 2 is 1.89 bits per heavy atom. The monoisotopic (exact) mass is 416 g/mol. The lowest BCUT2D eigenvalue weighted by Gasteiger charge is -2.32. The average molecular weight is 417 g/mol. The van der Waals surface area contributed by atoms with Gasteiger partial charge in [-0.2, -0.15) is 13.2 Å². The van der Waals surface area contributed by atoms with Gasteiger partial charge in [0.2, 0.25) is 0 Å². The van der Waals surface area contributed by atoms with E-state index in [4.69, 9.17) is 25.8 Å². The zero-order valence-corrected chi connectivity index (χ0v) is 15.6. The van der Waals surface area contributed by atoms with Crippen molar-refractivity contribution < 1.29 is 32.2 Å². The first-order valence-corrected chi connectivity index (χ1v) is 8.55. The lowest BCUT2D eigenvalue weighted by Crippen LogP contribution is -2.66. The molecule has 2 aromatic rings. The Hall–Kier alpha value is -2.81. The number of alkyl halides is 3. The van der Waals surface area contributed by atoms with Gasteiger partial charge in [-0.3, -0.25) is 10.2 Å². The number of nitrogens with zero attached hydrogens (tertiary/aromatic N) is 1. The molecule has 1 aliphatic heterocycles. The van der Waals surface area contributed by atoms with E-state index in [1.165, 1.54) is 25.3 Å². The molecule has 0 radical (unpaired) electrons. The van der Waals surface area contributed by atoms with Crippen LogP contribution in [-0.2, 0) is 0 Å². The van der Waals surface area contributed by atoms with Crippen LogP contribution in [0.3, 0.4) is 0 Å². The number of amides is 2. The van der Waals surface area contributed by atoms with Crippen LogP contribution in [0.5, 0.6) is 17.2 Å². The highest BCUT2D eigenvalue weighted by Crippen LogP contribution is 2.46. The van der Waals surface area contributed by atoms with Crippen molar-refractivity contribution >= 4 is 23.3 Å². The molecule has 0 saturated heterocycles. The van der Waals surface area contributed by atoms with Crippen LogP contribution in [0.4, 0.5) is 23.7 Å². The Balaban J connectivity index is 1.93. The van der Waals surface area contributed by atoms with E-state index in [0.29, 0.717) is 11.4 Å². The Morgan fingerprint density at radius 1 is 1.21 bits per heavy atom. The maximum absolute atomic E-state index is 13.8. The summed E-state index contributed by atoms with van der Waals surface area (Å²) in [7, 11) is 1.39. The van der Waals surface area contributed by atoms with Crippen molar-refractivity contribution in [1.82, 2.24) is 5.32 Å². The molecule has 0 aliphatic carbocycles. The van der Waals surface area contributed by atoms with E-state index in [1.54, 1.807) is 31.2 Å². The molecular weight excluding hydrogens is 401 g/mol. The molecule has 1 heterocycles. The van der Waals surface area contributed by atoms with Crippen LogP contribution in [0.1, 0.15) is 6.92 Å². The van der Waals surface area contributed by atoms with Crippen molar-refractivity contribution in [1.29, 1.82) is 0 Å². The number of carbonyl (C=O) groups excluding carboxylic acids is 1. The number of benzene rings is 2. The van der Waals surface area contributed by atoms with Gasteiger partial charge in [-0.05, 0) is 31.2 Å². The highest BCUT2D eigenvalue weighted by atomic mass is 35.5. The largest absolute Gasteiger partial charge is 0.495 e. The molecule has 6 nitrogen and oxygen atoms in total. The minimum absolute atomic E-state index is 0.0684. The summed E-state index contributed by atoms with van der Waals surface area (Å²) in [5.41, 5.74) is 0.292. The fourth-order valence-corrected chi connectivity index (χ4v) is 2.86. The van der Waals surface area contributed by atoms with Crippen LogP contribution in [0, 0.1) is 0 Å². The van der Waals surface area contributed by atoms with Gasteiger partial charge in [0.25, 0.3) is 0 Å². The number of fused-ring (bicyclic) bond motifs is 1. The zero-order chi connectivity index (χ0) is 20.5. The molecule has 2 amide bonds. The summed E-state index contributed by atoms with van der Waals surface area (Å²) >= 11 is 5.80. The molecule has 0 fully saturated rings. The number of nitrogens with one attached hydrogen (secondary N) is 1. The summed E-state index contributed by atoms with van der Waals surface area (Å²) < 4.78 is 56.6. The van der Waals surface area contributed by atoms with Crippen molar-refractivity contribution in [2.45, 2.75) is 19.0 Å². The molecule has 28 heavy (non-hydrogen) atoms. The van der Waals surface area contributed by atoms with E-state index in [9.17, 15) is 18.0 Å². The van der Waals surface area contributed by atoms with Gasteiger partial charge in [0.1, 0.15) is 5.75 Å². The van der Waals surface area contributed by atoms with Crippen molar-refractivity contribution in [3.8, 4) is 17.2 Å². The van der Waals surface area contributed by atoms with Gasteiger partial charge >= 0.3 is 18.1 Å². The van der Waals surface area contributed by atoms with Crippen LogP contribution in [0.2, 0.25) is 5.02 Å². The molecule has 0 aromatic heterocycles. The van der Waals surface area contributed by atoms with Gasteiger partial charge in [-0.25, -0.2) is 4.79 Å². The van der Waals surface area contributed by atoms with Crippen LogP contribution >= 0.6 is 11.6 Å². The minimum atomic E-state index is -5.08. The van der Waals surface area contributed by atoms with Crippen molar-refractivity contribution in [2.75, 3.05) is 18.6 Å². The van der Waals surface area contributed by atoms with Crippen LogP contribution in [0.15, 0.2) is 42.5 Å². The van der Waals surface area contributed by atoms with E-state index in [-0.39, 0.29) is 23.1 Å². The third-order valence-corrected chi connectivity index (χ3v) is 4.23. The second-order valence-corrected chi connectivity index (χ2v) is 6.19. The molecular formula is C18H16ClF3N2O4. The van der Waals surface area contributed by atoms with Crippen molar-refractivity contribution in [3.63, 3.8) is 0 Å². The Kier molecular flexibility index (Phi) is 5.20. The van der Waals surface area contributed by atoms with Crippen molar-refractivity contribution in [2.24, 2.45) is 0 Å². The number of hydrogen-bond donors (Lipinski definition) is 1. The summed E-state index contributed by atoms with van der Waals surface area (Å²) in [4.78, 5) is 13.8. The molecule has 1 unspecified atom stereocenters. The molecule has 0 spiro atoms. The predicted molar refractivity (Wildman–Crippen MR) is 96.0 cm³/mol. The van der Waals surface area contributed by atoms with E-state index >= 15 is 0 Å². The molecule has 1 atom stereocenters. The van der Waals surface area contributed by atoms with Gasteiger partial charge in [-0.1, -0.05) is 23.7 Å². The first-order valence-electron chi connectivity index (χ1n) is 8.17. The maximum atomic E-state index is 13.8. The van der Waals surface area contributed by atoms with Crippen molar-refractivity contribution in [3.05, 3.63) is 47.5 Å². The Bertz CT molecular complexity index is 893. The molecule has 3 rings (SSSR count). The molecule has 10 heteroatoms. The highest BCUT2D eigenvalue weighted by Gasteiger charge is 2.66. The molecule has 2 aromatic carbocycles. The lowest BCUT2D eigenvalue weighted by atomic mass is 10.2. The molecule has 1 aliphatic rings. The highest BCUT2D eigenvalue weighted by molar-refractivity contribution is 6.30. The lowest BCUT2D eigenvalue weighted by molar-refractivity contribution is -0.317. The number of rotatable bonds is 4. The Labute approximate surface area is 163 Å². The van der Waals surface area contributed by atoms with Gasteiger partial charge in [0.15, 0.2) is 11.5 Å². The second-order valence-electron chi connectivity index (χ2n) is 5.76. The second kappa shape index (κ2) is 7.31. The summed E-state index contributed by atoms with van der Waals surface area (Å²) in [5, 5.41) is 1.98. The number of ether oxygens (including phenoxy) is 3. The number of para-hydroxylation sites is 2. The maximum Gasteiger partial charge on any atom is 0.492 e. The van der Waals surface area contributed by atoms with E-state index in [0.717, 1.165) is 4.90 Å². The van der Waals surface area contributed by atoms with E-state index < -0.39 is 18.1 Å². The smallest absolute Gasteiger partial charge is 0.492 e. The summed E-state index contributed by atoms with van der Waals surface area (Å²) in [6.07, 6.45) is -5.08. The predicted octanol–water partition coefficient (Wildman–Crippen LogP) is 4.57. The molecule has 150 valence electrons. The zero-order valence-electron chi connectivity index (χ0n) is 14.8. The van der Waals surface area contributed by atoms with Crippen LogP contribution < -0.4 is 24.4 Å². The topological polar surface area (TPSA) is 60.0 Å². The first-order chi connectivity index (χ1) is 13.2. The van der Waals surface area contributed by atoms with Gasteiger partial charge in [0.05, 0.1) is 12.8 Å². The normalized spacial score (nSPS) is 17.9. The SMILES string of the molecule is CCN(C(=O)NC1(C(F)(F)F)Oc2ccc(Cl)cc2O1)c1ccccc1OC. The van der Waals surface area contributed by atoms with Gasteiger partial charge in [0, 0.05) is 17.6 Å². The summed E-state index contributed by atoms with van der Waals surface area (Å²) in [6.45, 7) is 1.68. The fraction of sp³-hybridized carbons (Fsp3) is 0.278. The van der Waals surface area contributed by atoms with Crippen LogP contribution in [0.25, 0.3) is 0 Å². The standard InChI is InChI=1S/C18H16ClF3N2O4/c1-3-24(12-6-4-5-7-13(12)26-2)16(25)23-18(17(20,21)22)27-14-9-8-11(19)10-15(14)28-18/h4-10H,3H2,1-2H3,(H,23,25). The van der Waals surface area contributed by atoms with E-state index in [2.05, 4.69) is 0 Å². The Morgan fingerprint density at radius 3 is 2.54 bits per heavy atom. The summed E-state index contributed by atoms with van der Waals surface area (Å²) in [6, 6.07) is 9.12. The van der Waals surface area contributed by atoms with Gasteiger partial charge in [-0.15, -0.1) is 0 Å². The first kappa shape index (κ1) is 19.9. The fourth-order valence-electron chi connectivity index (χ4n) is 2.70. The average Bonchev–Trinajstić information content (AvgIpc) is 3.01. The minimum Gasteiger partial charge on any atom is -0.495 e. The van der Waals surface area contributed by atoms with Crippen LogP contribution in [-0.4, -0.2) is 31.8 Å². The number of anilines is 1. The third-order valence-electron chi connectivity index (χ3n) is 4.00. The quantitative estimate of drug-likeness (QED) is 0.793. The number of carbonyl (C=O) groups is 1. The number of methoxy groups -OCH3 is 1. The third kappa shape index (κ3) is 3.49. The van der Waals surface area contributed by atoms with E-state index in [1.807, 2.05) is 5.32 Å².